The molecule has 0 aliphatic carbocycles. The smallest absolute Gasteiger partial charge is 0.271 e. The molecule has 1 aliphatic heterocycles. The lowest BCUT2D eigenvalue weighted by molar-refractivity contribution is 0.0712. The molecule has 2 aromatic heterocycles. The lowest BCUT2D eigenvalue weighted by Gasteiger charge is -2.32. The van der Waals surface area contributed by atoms with Crippen molar-refractivity contribution in [1.82, 2.24) is 25.1 Å². The lowest BCUT2D eigenvalue weighted by atomic mass is 10.0. The summed E-state index contributed by atoms with van der Waals surface area (Å²) in [5.41, 5.74) is 0.534. The highest BCUT2D eigenvalue weighted by molar-refractivity contribution is 5.92. The van der Waals surface area contributed by atoms with Crippen molar-refractivity contribution in [3.63, 3.8) is 0 Å². The number of aromatic nitrogens is 4. The van der Waals surface area contributed by atoms with Gasteiger partial charge in [-0.25, -0.2) is 9.97 Å². The van der Waals surface area contributed by atoms with E-state index in [0.29, 0.717) is 24.7 Å². The quantitative estimate of drug-likeness (QED) is 0.872. The van der Waals surface area contributed by atoms with Gasteiger partial charge in [-0.2, -0.15) is 5.10 Å². The summed E-state index contributed by atoms with van der Waals surface area (Å²) in [6.07, 6.45) is 4.79. The summed E-state index contributed by atoms with van der Waals surface area (Å²) in [5, 5.41) is 9.89. The van der Waals surface area contributed by atoms with E-state index >= 15 is 0 Å². The minimum atomic E-state index is -0.000319. The van der Waals surface area contributed by atoms with E-state index in [1.165, 1.54) is 6.33 Å². The van der Waals surface area contributed by atoms with Crippen LogP contribution in [0.4, 0.5) is 5.82 Å². The van der Waals surface area contributed by atoms with Crippen LogP contribution in [0.15, 0.2) is 24.7 Å². The van der Waals surface area contributed by atoms with Crippen LogP contribution in [0, 0.1) is 0 Å². The minimum Gasteiger partial charge on any atom is -0.481 e. The lowest BCUT2D eigenvalue weighted by Crippen LogP contribution is -2.42. The fourth-order valence-corrected chi connectivity index (χ4v) is 2.51. The number of carbonyl (C=O) groups excluding carboxylic acids is 1. The van der Waals surface area contributed by atoms with Gasteiger partial charge >= 0.3 is 0 Å². The molecule has 1 saturated heterocycles. The van der Waals surface area contributed by atoms with Crippen LogP contribution in [0.1, 0.15) is 23.3 Å². The number of hydrogen-bond acceptors (Lipinski definition) is 6. The number of aromatic amines is 1. The number of carbonyl (C=O) groups is 1. The molecule has 0 bridgehead atoms. The van der Waals surface area contributed by atoms with E-state index in [-0.39, 0.29) is 11.9 Å². The molecule has 1 aliphatic rings. The number of rotatable bonds is 4. The largest absolute Gasteiger partial charge is 0.481 e. The fraction of sp³-hybridized carbons (Fsp3) is 0.429. The standard InChI is InChI=1S/C14H18N6O2/c1-22-13-8-12(15-9-16-13)18-10-3-6-20(7-4-10)14(21)11-2-5-17-19-11/h2,5,8-10H,3-4,6-7H2,1H3,(H,17,19)(H,15,16,18). The van der Waals surface area contributed by atoms with Crippen molar-refractivity contribution in [1.29, 1.82) is 0 Å². The van der Waals surface area contributed by atoms with E-state index in [0.717, 1.165) is 18.7 Å². The van der Waals surface area contributed by atoms with E-state index in [9.17, 15) is 4.79 Å². The monoisotopic (exact) mass is 302 g/mol. The van der Waals surface area contributed by atoms with Crippen molar-refractivity contribution in [3.05, 3.63) is 30.4 Å². The molecule has 0 radical (unpaired) electrons. The fourth-order valence-electron chi connectivity index (χ4n) is 2.51. The molecule has 2 aromatic rings. The Labute approximate surface area is 127 Å². The zero-order valence-corrected chi connectivity index (χ0v) is 12.3. The summed E-state index contributed by atoms with van der Waals surface area (Å²) in [5.74, 6) is 1.27. The van der Waals surface area contributed by atoms with Crippen molar-refractivity contribution >= 4 is 11.7 Å². The summed E-state index contributed by atoms with van der Waals surface area (Å²) < 4.78 is 5.08. The molecule has 0 aromatic carbocycles. The summed E-state index contributed by atoms with van der Waals surface area (Å²) in [7, 11) is 1.58. The van der Waals surface area contributed by atoms with Gasteiger partial charge in [0.2, 0.25) is 5.88 Å². The van der Waals surface area contributed by atoms with Gasteiger partial charge in [0.1, 0.15) is 17.8 Å². The van der Waals surface area contributed by atoms with Gasteiger partial charge < -0.3 is 15.0 Å². The number of nitrogens with one attached hydrogen (secondary N) is 2. The number of amides is 1. The zero-order valence-electron chi connectivity index (χ0n) is 12.3. The van der Waals surface area contributed by atoms with Crippen LogP contribution >= 0.6 is 0 Å². The van der Waals surface area contributed by atoms with Crippen LogP contribution in [-0.2, 0) is 0 Å². The third-order valence-electron chi connectivity index (χ3n) is 3.72. The van der Waals surface area contributed by atoms with Crippen LogP contribution in [0.2, 0.25) is 0 Å². The van der Waals surface area contributed by atoms with Gasteiger partial charge in [-0.1, -0.05) is 0 Å². The Morgan fingerprint density at radius 3 is 2.91 bits per heavy atom. The summed E-state index contributed by atoms with van der Waals surface area (Å²) >= 11 is 0. The van der Waals surface area contributed by atoms with Crippen molar-refractivity contribution < 1.29 is 9.53 Å². The van der Waals surface area contributed by atoms with E-state index in [4.69, 9.17) is 4.74 Å². The maximum Gasteiger partial charge on any atom is 0.271 e. The summed E-state index contributed by atoms with van der Waals surface area (Å²) in [4.78, 5) is 22.2. The van der Waals surface area contributed by atoms with Crippen LogP contribution in [0.25, 0.3) is 0 Å². The number of nitrogens with zero attached hydrogens (tertiary/aromatic N) is 4. The van der Waals surface area contributed by atoms with Gasteiger partial charge in [0.15, 0.2) is 0 Å². The number of H-pyrrole nitrogens is 1. The summed E-state index contributed by atoms with van der Waals surface area (Å²) in [6, 6.07) is 3.74. The van der Waals surface area contributed by atoms with Crippen molar-refractivity contribution in [2.24, 2.45) is 0 Å². The van der Waals surface area contributed by atoms with Crippen molar-refractivity contribution in [3.8, 4) is 5.88 Å². The van der Waals surface area contributed by atoms with Crippen LogP contribution in [0.5, 0.6) is 5.88 Å². The Kier molecular flexibility index (Phi) is 4.17. The maximum absolute atomic E-state index is 12.2. The van der Waals surface area contributed by atoms with Gasteiger partial charge in [-0.15, -0.1) is 0 Å². The molecule has 8 heteroatoms. The Balaban J connectivity index is 1.54. The number of piperidine rings is 1. The second-order valence-corrected chi connectivity index (χ2v) is 5.13. The van der Waals surface area contributed by atoms with Crippen LogP contribution < -0.4 is 10.1 Å². The molecule has 22 heavy (non-hydrogen) atoms. The zero-order chi connectivity index (χ0) is 15.4. The summed E-state index contributed by atoms with van der Waals surface area (Å²) in [6.45, 7) is 1.41. The van der Waals surface area contributed by atoms with Gasteiger partial charge in [-0.3, -0.25) is 9.89 Å². The first-order valence-electron chi connectivity index (χ1n) is 7.17. The molecule has 8 nitrogen and oxygen atoms in total. The molecule has 0 saturated carbocycles. The Bertz CT molecular complexity index is 622. The number of methoxy groups -OCH3 is 1. The van der Waals surface area contributed by atoms with E-state index in [1.54, 1.807) is 25.4 Å². The average molecular weight is 302 g/mol. The Morgan fingerprint density at radius 1 is 1.41 bits per heavy atom. The second-order valence-electron chi connectivity index (χ2n) is 5.13. The molecule has 0 unspecified atom stereocenters. The molecular formula is C14H18N6O2. The predicted octanol–water partition coefficient (Wildman–Crippen LogP) is 0.925. The van der Waals surface area contributed by atoms with Crippen LogP contribution in [0.3, 0.4) is 0 Å². The number of hydrogen-bond donors (Lipinski definition) is 2. The minimum absolute atomic E-state index is 0.000319. The Hall–Kier alpha value is -2.64. The second kappa shape index (κ2) is 6.42. The third-order valence-corrected chi connectivity index (χ3v) is 3.72. The van der Waals surface area contributed by atoms with E-state index < -0.39 is 0 Å². The van der Waals surface area contributed by atoms with E-state index in [2.05, 4.69) is 25.5 Å². The molecule has 0 atom stereocenters. The maximum atomic E-state index is 12.2. The first-order valence-corrected chi connectivity index (χ1v) is 7.17. The average Bonchev–Trinajstić information content (AvgIpc) is 3.09. The topological polar surface area (TPSA) is 96.0 Å². The van der Waals surface area contributed by atoms with Crippen molar-refractivity contribution in [2.45, 2.75) is 18.9 Å². The normalized spacial score (nSPS) is 15.6. The van der Waals surface area contributed by atoms with Gasteiger partial charge in [0, 0.05) is 31.4 Å². The molecule has 2 N–H and O–H groups in total. The predicted molar refractivity (Wildman–Crippen MR) is 79.7 cm³/mol. The molecule has 3 rings (SSSR count). The molecule has 3 heterocycles. The Morgan fingerprint density at radius 2 is 2.23 bits per heavy atom. The van der Waals surface area contributed by atoms with Crippen LogP contribution in [-0.4, -0.2) is 57.2 Å². The molecule has 1 fully saturated rings. The van der Waals surface area contributed by atoms with Crippen molar-refractivity contribution in [2.75, 3.05) is 25.5 Å². The highest BCUT2D eigenvalue weighted by atomic mass is 16.5. The third kappa shape index (κ3) is 3.16. The highest BCUT2D eigenvalue weighted by Crippen LogP contribution is 2.18. The van der Waals surface area contributed by atoms with Gasteiger partial charge in [0.05, 0.1) is 7.11 Å². The molecular weight excluding hydrogens is 284 g/mol. The number of likely N-dealkylation sites (tertiary alicyclic amines) is 1. The number of ether oxygens (including phenoxy) is 1. The van der Waals surface area contributed by atoms with E-state index in [1.807, 2.05) is 4.90 Å². The first kappa shape index (κ1) is 14.3. The van der Waals surface area contributed by atoms with Gasteiger partial charge in [0.25, 0.3) is 5.91 Å². The number of anilines is 1. The highest BCUT2D eigenvalue weighted by Gasteiger charge is 2.24. The SMILES string of the molecule is COc1cc(NC2CCN(C(=O)c3ccn[nH]3)CC2)ncn1. The van der Waals surface area contributed by atoms with Gasteiger partial charge in [-0.05, 0) is 18.9 Å². The molecule has 0 spiro atoms. The molecule has 1 amide bonds. The first-order chi connectivity index (χ1) is 10.8. The molecule has 116 valence electrons.